The molecular formula is C13H28N4. The maximum absolute atomic E-state index is 5.59. The van der Waals surface area contributed by atoms with Crippen LogP contribution in [0.5, 0.6) is 0 Å². The van der Waals surface area contributed by atoms with E-state index in [-0.39, 0.29) is 0 Å². The second-order valence-corrected chi connectivity index (χ2v) is 5.37. The number of piperazine rings is 1. The zero-order valence-corrected chi connectivity index (χ0v) is 11.1. The monoisotopic (exact) mass is 240 g/mol. The van der Waals surface area contributed by atoms with Gasteiger partial charge in [0.2, 0.25) is 0 Å². The summed E-state index contributed by atoms with van der Waals surface area (Å²) >= 11 is 0. The zero-order chi connectivity index (χ0) is 11.9. The van der Waals surface area contributed by atoms with E-state index < -0.39 is 0 Å². The van der Waals surface area contributed by atoms with Crippen LogP contribution >= 0.6 is 0 Å². The van der Waals surface area contributed by atoms with E-state index >= 15 is 0 Å². The molecule has 100 valence electrons. The minimum atomic E-state index is 0.799. The number of nitrogens with two attached hydrogens (primary N) is 1. The Bertz CT molecular complexity index is 196. The second-order valence-electron chi connectivity index (χ2n) is 5.37. The highest BCUT2D eigenvalue weighted by Crippen LogP contribution is 2.08. The Morgan fingerprint density at radius 2 is 1.06 bits per heavy atom. The van der Waals surface area contributed by atoms with Gasteiger partial charge in [-0.2, -0.15) is 0 Å². The average molecular weight is 240 g/mol. The topological polar surface area (TPSA) is 35.7 Å². The van der Waals surface area contributed by atoms with Crippen molar-refractivity contribution in [2.24, 2.45) is 5.73 Å². The number of hydrogen-bond acceptors (Lipinski definition) is 4. The molecule has 0 amide bonds. The number of rotatable bonds is 5. The molecule has 0 bridgehead atoms. The number of hydrogen-bond donors (Lipinski definition) is 1. The molecule has 0 aromatic rings. The van der Waals surface area contributed by atoms with Crippen molar-refractivity contribution in [1.82, 2.24) is 14.7 Å². The fourth-order valence-electron chi connectivity index (χ4n) is 2.88. The normalized spacial score (nSPS) is 25.2. The highest BCUT2D eigenvalue weighted by atomic mass is 15.3. The summed E-state index contributed by atoms with van der Waals surface area (Å²) in [6.07, 6.45) is 4.25. The first kappa shape index (κ1) is 13.3. The van der Waals surface area contributed by atoms with Crippen LogP contribution in [-0.2, 0) is 0 Å². The molecule has 2 aliphatic rings. The van der Waals surface area contributed by atoms with Crippen molar-refractivity contribution < 1.29 is 0 Å². The molecule has 0 aromatic heterocycles. The summed E-state index contributed by atoms with van der Waals surface area (Å²) in [5, 5.41) is 0. The van der Waals surface area contributed by atoms with E-state index in [0.29, 0.717) is 0 Å². The van der Waals surface area contributed by atoms with Gasteiger partial charge in [-0.25, -0.2) is 0 Å². The van der Waals surface area contributed by atoms with Crippen LogP contribution in [0.25, 0.3) is 0 Å². The molecule has 2 fully saturated rings. The SMILES string of the molecule is NCCN1CCN(CCN2CCCCC2)CC1. The maximum Gasteiger partial charge on any atom is 0.0110 e. The van der Waals surface area contributed by atoms with E-state index in [1.54, 1.807) is 0 Å². The van der Waals surface area contributed by atoms with E-state index in [4.69, 9.17) is 5.73 Å². The predicted octanol–water partition coefficient (Wildman–Crippen LogP) is 0.0486. The van der Waals surface area contributed by atoms with E-state index in [2.05, 4.69) is 14.7 Å². The first-order chi connectivity index (χ1) is 8.38. The predicted molar refractivity (Wildman–Crippen MR) is 72.2 cm³/mol. The third kappa shape index (κ3) is 4.54. The molecule has 0 aliphatic carbocycles. The largest absolute Gasteiger partial charge is 0.329 e. The summed E-state index contributed by atoms with van der Waals surface area (Å²) < 4.78 is 0. The minimum absolute atomic E-state index is 0.799. The highest BCUT2D eigenvalue weighted by molar-refractivity contribution is 4.74. The van der Waals surface area contributed by atoms with Gasteiger partial charge in [-0.15, -0.1) is 0 Å². The third-order valence-electron chi connectivity index (χ3n) is 4.09. The molecule has 2 N–H and O–H groups in total. The van der Waals surface area contributed by atoms with E-state index in [9.17, 15) is 0 Å². The van der Waals surface area contributed by atoms with E-state index in [1.165, 1.54) is 71.6 Å². The fraction of sp³-hybridized carbons (Fsp3) is 1.00. The molecule has 2 rings (SSSR count). The summed E-state index contributed by atoms with van der Waals surface area (Å²) in [5.41, 5.74) is 5.59. The van der Waals surface area contributed by atoms with Gasteiger partial charge in [0.1, 0.15) is 0 Å². The third-order valence-corrected chi connectivity index (χ3v) is 4.09. The Balaban J connectivity index is 1.57. The van der Waals surface area contributed by atoms with Crippen LogP contribution in [-0.4, -0.2) is 80.1 Å². The lowest BCUT2D eigenvalue weighted by molar-refractivity contribution is 0.116. The fourth-order valence-corrected chi connectivity index (χ4v) is 2.88. The molecule has 2 saturated heterocycles. The van der Waals surface area contributed by atoms with Gasteiger partial charge in [-0.3, -0.25) is 9.80 Å². The molecule has 0 spiro atoms. The lowest BCUT2D eigenvalue weighted by Crippen LogP contribution is -2.49. The van der Waals surface area contributed by atoms with Gasteiger partial charge < -0.3 is 10.6 Å². The van der Waals surface area contributed by atoms with Crippen molar-refractivity contribution in [3.63, 3.8) is 0 Å². The van der Waals surface area contributed by atoms with Gasteiger partial charge in [0.15, 0.2) is 0 Å². The van der Waals surface area contributed by atoms with Gasteiger partial charge in [-0.1, -0.05) is 6.42 Å². The van der Waals surface area contributed by atoms with Crippen molar-refractivity contribution in [2.75, 3.05) is 65.4 Å². The van der Waals surface area contributed by atoms with Gasteiger partial charge in [0.05, 0.1) is 0 Å². The first-order valence-electron chi connectivity index (χ1n) is 7.25. The molecule has 0 atom stereocenters. The average Bonchev–Trinajstić information content (AvgIpc) is 2.40. The molecule has 4 heteroatoms. The lowest BCUT2D eigenvalue weighted by atomic mass is 10.1. The molecule has 0 aromatic carbocycles. The zero-order valence-electron chi connectivity index (χ0n) is 11.1. The highest BCUT2D eigenvalue weighted by Gasteiger charge is 2.17. The van der Waals surface area contributed by atoms with Crippen molar-refractivity contribution in [3.05, 3.63) is 0 Å². The van der Waals surface area contributed by atoms with Gasteiger partial charge in [0, 0.05) is 52.4 Å². The Hall–Kier alpha value is -0.160. The van der Waals surface area contributed by atoms with Gasteiger partial charge >= 0.3 is 0 Å². The minimum Gasteiger partial charge on any atom is -0.329 e. The maximum atomic E-state index is 5.59. The Morgan fingerprint density at radius 1 is 0.588 bits per heavy atom. The van der Waals surface area contributed by atoms with Crippen molar-refractivity contribution in [2.45, 2.75) is 19.3 Å². The van der Waals surface area contributed by atoms with E-state index in [0.717, 1.165) is 13.1 Å². The van der Waals surface area contributed by atoms with Gasteiger partial charge in [-0.05, 0) is 25.9 Å². The molecule has 2 heterocycles. The summed E-state index contributed by atoms with van der Waals surface area (Å²) in [4.78, 5) is 7.73. The molecule has 2 aliphatic heterocycles. The van der Waals surface area contributed by atoms with Crippen LogP contribution in [0.1, 0.15) is 19.3 Å². The quantitative estimate of drug-likeness (QED) is 0.736. The van der Waals surface area contributed by atoms with Crippen molar-refractivity contribution >= 4 is 0 Å². The summed E-state index contributed by atoms with van der Waals surface area (Å²) in [6.45, 7) is 11.9. The molecule has 4 nitrogen and oxygen atoms in total. The summed E-state index contributed by atoms with van der Waals surface area (Å²) in [5.74, 6) is 0. The van der Waals surface area contributed by atoms with Crippen LogP contribution in [0.15, 0.2) is 0 Å². The Morgan fingerprint density at radius 3 is 1.59 bits per heavy atom. The Labute approximate surface area is 106 Å². The molecule has 17 heavy (non-hydrogen) atoms. The summed E-state index contributed by atoms with van der Waals surface area (Å²) in [7, 11) is 0. The first-order valence-corrected chi connectivity index (χ1v) is 7.25. The molecule has 0 saturated carbocycles. The smallest absolute Gasteiger partial charge is 0.0110 e. The van der Waals surface area contributed by atoms with E-state index in [1.807, 2.05) is 0 Å². The standard InChI is InChI=1S/C13H28N4/c14-4-7-16-9-12-17(13-10-16)11-8-15-5-2-1-3-6-15/h1-14H2. The van der Waals surface area contributed by atoms with Crippen LogP contribution in [0.3, 0.4) is 0 Å². The number of nitrogens with zero attached hydrogens (tertiary/aromatic N) is 3. The van der Waals surface area contributed by atoms with Crippen molar-refractivity contribution in [3.8, 4) is 0 Å². The molecule has 0 radical (unpaired) electrons. The molecule has 0 unspecified atom stereocenters. The second kappa shape index (κ2) is 7.31. The lowest BCUT2D eigenvalue weighted by Gasteiger charge is -2.36. The van der Waals surface area contributed by atoms with Crippen LogP contribution in [0.4, 0.5) is 0 Å². The summed E-state index contributed by atoms with van der Waals surface area (Å²) in [6, 6.07) is 0. The number of piperidine rings is 1. The Kier molecular flexibility index (Phi) is 5.71. The number of likely N-dealkylation sites (tertiary alicyclic amines) is 1. The van der Waals surface area contributed by atoms with Crippen molar-refractivity contribution in [1.29, 1.82) is 0 Å². The van der Waals surface area contributed by atoms with Crippen LogP contribution in [0, 0.1) is 0 Å². The van der Waals surface area contributed by atoms with Crippen LogP contribution < -0.4 is 5.73 Å². The molecular weight excluding hydrogens is 212 g/mol. The van der Waals surface area contributed by atoms with Gasteiger partial charge in [0.25, 0.3) is 0 Å². The van der Waals surface area contributed by atoms with Crippen LogP contribution in [0.2, 0.25) is 0 Å².